The SMILES string of the molecule is CCOC(=O)Cc1csc(NC(=O)Cn2nc(C(F)F)c(Cl)c2C(F)F)n1. The molecule has 0 radical (unpaired) electrons. The molecular formula is C14H13ClF4N4O3S. The van der Waals surface area contributed by atoms with Crippen LogP contribution in [-0.4, -0.2) is 33.2 Å². The van der Waals surface area contributed by atoms with Gasteiger partial charge in [0.1, 0.15) is 17.9 Å². The van der Waals surface area contributed by atoms with Gasteiger partial charge in [-0.05, 0) is 6.92 Å². The van der Waals surface area contributed by atoms with Crippen molar-refractivity contribution in [1.82, 2.24) is 14.8 Å². The summed E-state index contributed by atoms with van der Waals surface area (Å²) in [5, 5.41) is 6.35. The predicted octanol–water partition coefficient (Wildman–Crippen LogP) is 3.61. The monoisotopic (exact) mass is 428 g/mol. The Bertz CT molecular complexity index is 827. The molecule has 7 nitrogen and oxygen atoms in total. The zero-order valence-corrected chi connectivity index (χ0v) is 15.3. The summed E-state index contributed by atoms with van der Waals surface area (Å²) in [4.78, 5) is 27.4. The summed E-state index contributed by atoms with van der Waals surface area (Å²) in [5.41, 5.74) is -1.64. The Morgan fingerprint density at radius 1 is 1.33 bits per heavy atom. The summed E-state index contributed by atoms with van der Waals surface area (Å²) in [7, 11) is 0. The zero-order chi connectivity index (χ0) is 20.1. The summed E-state index contributed by atoms with van der Waals surface area (Å²) in [6.07, 6.45) is -6.45. The molecule has 2 aromatic rings. The third kappa shape index (κ3) is 5.39. The van der Waals surface area contributed by atoms with Gasteiger partial charge in [-0.15, -0.1) is 11.3 Å². The third-order valence-electron chi connectivity index (χ3n) is 3.09. The van der Waals surface area contributed by atoms with E-state index in [0.29, 0.717) is 10.4 Å². The lowest BCUT2D eigenvalue weighted by Gasteiger charge is -2.06. The van der Waals surface area contributed by atoms with Gasteiger partial charge in [-0.1, -0.05) is 11.6 Å². The lowest BCUT2D eigenvalue weighted by Crippen LogP contribution is -2.21. The summed E-state index contributed by atoms with van der Waals surface area (Å²) in [6.45, 7) is 1.10. The van der Waals surface area contributed by atoms with E-state index < -0.39 is 47.7 Å². The van der Waals surface area contributed by atoms with Crippen LogP contribution in [0.4, 0.5) is 22.7 Å². The van der Waals surface area contributed by atoms with Crippen molar-refractivity contribution in [3.05, 3.63) is 27.5 Å². The first-order valence-electron chi connectivity index (χ1n) is 7.45. The molecule has 1 N–H and O–H groups in total. The molecule has 2 rings (SSSR count). The van der Waals surface area contributed by atoms with Crippen LogP contribution in [0.15, 0.2) is 5.38 Å². The molecule has 0 aliphatic heterocycles. The fourth-order valence-electron chi connectivity index (χ4n) is 2.04. The van der Waals surface area contributed by atoms with Crippen molar-refractivity contribution in [2.75, 3.05) is 11.9 Å². The number of amides is 1. The highest BCUT2D eigenvalue weighted by molar-refractivity contribution is 7.13. The minimum atomic E-state index is -3.19. The Kier molecular flexibility index (Phi) is 7.13. The number of alkyl halides is 4. The van der Waals surface area contributed by atoms with Crippen LogP contribution in [0.25, 0.3) is 0 Å². The normalized spacial score (nSPS) is 11.3. The van der Waals surface area contributed by atoms with Crippen LogP contribution in [0.2, 0.25) is 5.02 Å². The fraction of sp³-hybridized carbons (Fsp3) is 0.429. The van der Waals surface area contributed by atoms with Crippen molar-refractivity contribution < 1.29 is 31.9 Å². The largest absolute Gasteiger partial charge is 0.466 e. The van der Waals surface area contributed by atoms with Crippen molar-refractivity contribution in [2.45, 2.75) is 32.7 Å². The van der Waals surface area contributed by atoms with Crippen molar-refractivity contribution in [2.24, 2.45) is 0 Å². The van der Waals surface area contributed by atoms with E-state index >= 15 is 0 Å². The molecule has 148 valence electrons. The van der Waals surface area contributed by atoms with Gasteiger partial charge >= 0.3 is 5.97 Å². The first-order chi connectivity index (χ1) is 12.7. The maximum Gasteiger partial charge on any atom is 0.311 e. The Balaban J connectivity index is 2.07. The minimum Gasteiger partial charge on any atom is -0.466 e. The Morgan fingerprint density at radius 2 is 2.04 bits per heavy atom. The second-order valence-electron chi connectivity index (χ2n) is 5.02. The van der Waals surface area contributed by atoms with Crippen LogP contribution in [0.5, 0.6) is 0 Å². The number of hydrogen-bond acceptors (Lipinski definition) is 6. The second kappa shape index (κ2) is 9.13. The summed E-state index contributed by atoms with van der Waals surface area (Å²) >= 11 is 6.51. The van der Waals surface area contributed by atoms with Crippen LogP contribution >= 0.6 is 22.9 Å². The topological polar surface area (TPSA) is 86.1 Å². The van der Waals surface area contributed by atoms with Gasteiger partial charge in [0.05, 0.1) is 23.7 Å². The first kappa shape index (κ1) is 21.1. The molecular weight excluding hydrogens is 416 g/mol. The lowest BCUT2D eigenvalue weighted by molar-refractivity contribution is -0.142. The smallest absolute Gasteiger partial charge is 0.311 e. The number of nitrogens with one attached hydrogen (secondary N) is 1. The molecule has 2 heterocycles. The standard InChI is InChI=1S/C14H13ClF4N4O3S/c1-2-26-8(25)3-6-5-27-14(20-6)21-7(24)4-23-11(13(18)19)9(15)10(22-23)12(16)17/h5,12-13H,2-4H2,1H3,(H,20,21,24). The van der Waals surface area contributed by atoms with Crippen LogP contribution in [0, 0.1) is 0 Å². The van der Waals surface area contributed by atoms with Gasteiger partial charge in [0, 0.05) is 5.38 Å². The number of carbonyl (C=O) groups excluding carboxylic acids is 2. The molecule has 27 heavy (non-hydrogen) atoms. The van der Waals surface area contributed by atoms with Crippen molar-refractivity contribution in [3.8, 4) is 0 Å². The number of ether oxygens (including phenoxy) is 1. The van der Waals surface area contributed by atoms with Crippen molar-refractivity contribution in [3.63, 3.8) is 0 Å². The number of hydrogen-bond donors (Lipinski definition) is 1. The van der Waals surface area contributed by atoms with E-state index in [0.717, 1.165) is 11.3 Å². The molecule has 0 saturated heterocycles. The number of aromatic nitrogens is 3. The molecule has 0 aliphatic carbocycles. The van der Waals surface area contributed by atoms with E-state index in [2.05, 4.69) is 15.4 Å². The molecule has 13 heteroatoms. The maximum atomic E-state index is 13.1. The highest BCUT2D eigenvalue weighted by Gasteiger charge is 2.28. The highest BCUT2D eigenvalue weighted by Crippen LogP contribution is 2.34. The van der Waals surface area contributed by atoms with Crippen LogP contribution < -0.4 is 5.32 Å². The third-order valence-corrected chi connectivity index (χ3v) is 4.29. The van der Waals surface area contributed by atoms with Crippen LogP contribution in [-0.2, 0) is 27.3 Å². The van der Waals surface area contributed by atoms with E-state index in [1.165, 1.54) is 5.38 Å². The molecule has 2 aromatic heterocycles. The maximum absolute atomic E-state index is 13.1. The molecule has 0 unspecified atom stereocenters. The Labute approximate surface area is 159 Å². The quantitative estimate of drug-likeness (QED) is 0.512. The molecule has 0 spiro atoms. The summed E-state index contributed by atoms with van der Waals surface area (Å²) < 4.78 is 56.9. The number of carbonyl (C=O) groups is 2. The Hall–Kier alpha value is -2.21. The Morgan fingerprint density at radius 3 is 2.63 bits per heavy atom. The number of halogens is 5. The second-order valence-corrected chi connectivity index (χ2v) is 6.25. The summed E-state index contributed by atoms with van der Waals surface area (Å²) in [6, 6.07) is 0. The van der Waals surface area contributed by atoms with Gasteiger partial charge < -0.3 is 10.1 Å². The van der Waals surface area contributed by atoms with Crippen molar-refractivity contribution in [1.29, 1.82) is 0 Å². The minimum absolute atomic E-state index is 0.0950. The van der Waals surface area contributed by atoms with Gasteiger partial charge in [-0.2, -0.15) is 5.10 Å². The van der Waals surface area contributed by atoms with Gasteiger partial charge in [-0.3, -0.25) is 14.3 Å². The van der Waals surface area contributed by atoms with Crippen LogP contribution in [0.1, 0.15) is 36.9 Å². The number of anilines is 1. The average molecular weight is 429 g/mol. The average Bonchev–Trinajstić information content (AvgIpc) is 3.11. The van der Waals surface area contributed by atoms with Crippen LogP contribution in [0.3, 0.4) is 0 Å². The predicted molar refractivity (Wildman–Crippen MR) is 88.2 cm³/mol. The van der Waals surface area contributed by atoms with E-state index in [-0.39, 0.29) is 18.2 Å². The lowest BCUT2D eigenvalue weighted by atomic mass is 10.3. The number of rotatable bonds is 8. The van der Waals surface area contributed by atoms with E-state index in [1.54, 1.807) is 6.92 Å². The van der Waals surface area contributed by atoms with E-state index in [9.17, 15) is 27.2 Å². The molecule has 0 aliphatic rings. The van der Waals surface area contributed by atoms with Gasteiger partial charge in [0.2, 0.25) is 5.91 Å². The van der Waals surface area contributed by atoms with Crippen molar-refractivity contribution >= 4 is 39.9 Å². The number of thiazole rings is 1. The highest BCUT2D eigenvalue weighted by atomic mass is 35.5. The molecule has 0 atom stereocenters. The van der Waals surface area contributed by atoms with Gasteiger partial charge in [-0.25, -0.2) is 22.5 Å². The molecule has 0 fully saturated rings. The summed E-state index contributed by atoms with van der Waals surface area (Å²) in [5.74, 6) is -1.32. The van der Waals surface area contributed by atoms with E-state index in [4.69, 9.17) is 16.3 Å². The number of nitrogens with zero attached hydrogens (tertiary/aromatic N) is 3. The molecule has 0 aromatic carbocycles. The molecule has 0 bridgehead atoms. The number of esters is 1. The molecule has 0 saturated carbocycles. The first-order valence-corrected chi connectivity index (χ1v) is 8.70. The van der Waals surface area contributed by atoms with Gasteiger partial charge in [0.15, 0.2) is 5.13 Å². The van der Waals surface area contributed by atoms with E-state index in [1.807, 2.05) is 0 Å². The zero-order valence-electron chi connectivity index (χ0n) is 13.7. The molecule has 1 amide bonds. The van der Waals surface area contributed by atoms with Gasteiger partial charge in [0.25, 0.3) is 12.9 Å². The fourth-order valence-corrected chi connectivity index (χ4v) is 3.07.